The molecule has 2 aromatic rings. The standard InChI is InChI=1S/C18H23N3O3/c1-23-18(22)14-5-4-8-21-12-13(19-17(14)21)11-20-9-10-24-16-7-3-2-6-15(16)20/h4-5,8,12,15-16H,2-3,6-7,9-11H2,1H3/t15-,16+/m1/s1. The van der Waals surface area contributed by atoms with Gasteiger partial charge in [-0.15, -0.1) is 0 Å². The molecule has 24 heavy (non-hydrogen) atoms. The van der Waals surface area contributed by atoms with E-state index in [1.54, 1.807) is 6.07 Å². The van der Waals surface area contributed by atoms with Crippen LogP contribution in [-0.2, 0) is 16.0 Å². The summed E-state index contributed by atoms with van der Waals surface area (Å²) in [6.07, 6.45) is 9.21. The molecule has 0 spiro atoms. The predicted octanol–water partition coefficient (Wildman–Crippen LogP) is 2.26. The average Bonchev–Trinajstić information content (AvgIpc) is 3.03. The van der Waals surface area contributed by atoms with E-state index in [2.05, 4.69) is 4.90 Å². The van der Waals surface area contributed by atoms with Gasteiger partial charge in [0.2, 0.25) is 0 Å². The highest BCUT2D eigenvalue weighted by molar-refractivity contribution is 5.95. The number of imidazole rings is 1. The maximum absolute atomic E-state index is 11.9. The van der Waals surface area contributed by atoms with Gasteiger partial charge in [-0.3, -0.25) is 4.90 Å². The first kappa shape index (κ1) is 15.6. The number of ether oxygens (including phenoxy) is 2. The lowest BCUT2D eigenvalue weighted by molar-refractivity contribution is -0.0914. The lowest BCUT2D eigenvalue weighted by atomic mass is 9.90. The summed E-state index contributed by atoms with van der Waals surface area (Å²) in [5, 5.41) is 0. The number of esters is 1. The molecule has 2 aromatic heterocycles. The Morgan fingerprint density at radius 2 is 2.29 bits per heavy atom. The topological polar surface area (TPSA) is 56.1 Å². The van der Waals surface area contributed by atoms with Crippen LogP contribution in [0.1, 0.15) is 41.7 Å². The maximum atomic E-state index is 11.9. The van der Waals surface area contributed by atoms with E-state index in [1.807, 2.05) is 22.9 Å². The number of hydrogen-bond donors (Lipinski definition) is 0. The largest absolute Gasteiger partial charge is 0.465 e. The summed E-state index contributed by atoms with van der Waals surface area (Å²) in [6.45, 7) is 2.54. The van der Waals surface area contributed by atoms with Gasteiger partial charge in [-0.25, -0.2) is 9.78 Å². The SMILES string of the molecule is COC(=O)c1cccn2cc(CN3CCO[C@H]4CCCC[C@H]43)nc12. The second-order valence-corrected chi connectivity index (χ2v) is 6.61. The molecule has 2 fully saturated rings. The first-order chi connectivity index (χ1) is 11.8. The zero-order valence-electron chi connectivity index (χ0n) is 14.0. The van der Waals surface area contributed by atoms with E-state index in [1.165, 1.54) is 32.8 Å². The van der Waals surface area contributed by atoms with Gasteiger partial charge in [0, 0.05) is 31.5 Å². The molecule has 4 rings (SSSR count). The lowest BCUT2D eigenvalue weighted by Gasteiger charge is -2.43. The number of nitrogens with zero attached hydrogens (tertiary/aromatic N) is 3. The minimum atomic E-state index is -0.350. The van der Waals surface area contributed by atoms with Crippen LogP contribution in [0, 0.1) is 0 Å². The van der Waals surface area contributed by atoms with Gasteiger partial charge in [0.25, 0.3) is 0 Å². The Bertz CT molecular complexity index is 740. The second-order valence-electron chi connectivity index (χ2n) is 6.61. The van der Waals surface area contributed by atoms with Crippen LogP contribution in [0.4, 0.5) is 0 Å². The van der Waals surface area contributed by atoms with Crippen LogP contribution in [0.15, 0.2) is 24.5 Å². The number of fused-ring (bicyclic) bond motifs is 2. The zero-order chi connectivity index (χ0) is 16.5. The highest BCUT2D eigenvalue weighted by Crippen LogP contribution is 2.29. The van der Waals surface area contributed by atoms with Crippen LogP contribution in [0.5, 0.6) is 0 Å². The van der Waals surface area contributed by atoms with Crippen molar-refractivity contribution in [1.29, 1.82) is 0 Å². The van der Waals surface area contributed by atoms with Gasteiger partial charge in [-0.1, -0.05) is 12.8 Å². The number of pyridine rings is 1. The van der Waals surface area contributed by atoms with Crippen LogP contribution < -0.4 is 0 Å². The minimum Gasteiger partial charge on any atom is -0.465 e. The number of morpholine rings is 1. The third kappa shape index (κ3) is 2.80. The molecular weight excluding hydrogens is 306 g/mol. The Kier molecular flexibility index (Phi) is 4.24. The van der Waals surface area contributed by atoms with Crippen molar-refractivity contribution in [3.63, 3.8) is 0 Å². The molecule has 0 unspecified atom stereocenters. The normalized spacial score (nSPS) is 24.7. The van der Waals surface area contributed by atoms with Crippen molar-refractivity contribution in [2.24, 2.45) is 0 Å². The van der Waals surface area contributed by atoms with E-state index >= 15 is 0 Å². The van der Waals surface area contributed by atoms with Crippen molar-refractivity contribution in [3.8, 4) is 0 Å². The number of aromatic nitrogens is 2. The van der Waals surface area contributed by atoms with Crippen LogP contribution in [-0.4, -0.2) is 52.7 Å². The fraction of sp³-hybridized carbons (Fsp3) is 0.556. The molecule has 2 aliphatic rings. The van der Waals surface area contributed by atoms with Gasteiger partial charge in [0.1, 0.15) is 5.56 Å². The molecule has 6 nitrogen and oxygen atoms in total. The fourth-order valence-corrected chi connectivity index (χ4v) is 3.99. The molecule has 0 N–H and O–H groups in total. The smallest absolute Gasteiger partial charge is 0.341 e. The van der Waals surface area contributed by atoms with Crippen molar-refractivity contribution in [1.82, 2.24) is 14.3 Å². The van der Waals surface area contributed by atoms with E-state index in [0.717, 1.165) is 25.4 Å². The number of rotatable bonds is 3. The maximum Gasteiger partial charge on any atom is 0.341 e. The molecule has 1 saturated carbocycles. The van der Waals surface area contributed by atoms with Crippen LogP contribution in [0.3, 0.4) is 0 Å². The molecule has 0 amide bonds. The van der Waals surface area contributed by atoms with Gasteiger partial charge in [-0.05, 0) is 25.0 Å². The van der Waals surface area contributed by atoms with Crippen LogP contribution >= 0.6 is 0 Å². The number of hydrogen-bond acceptors (Lipinski definition) is 5. The van der Waals surface area contributed by atoms with Gasteiger partial charge in [0.05, 0.1) is 25.5 Å². The van der Waals surface area contributed by atoms with E-state index in [0.29, 0.717) is 23.4 Å². The van der Waals surface area contributed by atoms with Gasteiger partial charge >= 0.3 is 5.97 Å². The van der Waals surface area contributed by atoms with Crippen molar-refractivity contribution in [3.05, 3.63) is 35.8 Å². The van der Waals surface area contributed by atoms with Crippen molar-refractivity contribution in [2.45, 2.75) is 44.4 Å². The van der Waals surface area contributed by atoms with E-state index < -0.39 is 0 Å². The molecule has 0 bridgehead atoms. The molecule has 1 saturated heterocycles. The fourth-order valence-electron chi connectivity index (χ4n) is 3.99. The molecule has 1 aliphatic heterocycles. The Morgan fingerprint density at radius 1 is 1.42 bits per heavy atom. The third-order valence-corrected chi connectivity index (χ3v) is 5.15. The van der Waals surface area contributed by atoms with Crippen LogP contribution in [0.25, 0.3) is 5.65 Å². The van der Waals surface area contributed by atoms with E-state index in [9.17, 15) is 4.79 Å². The third-order valence-electron chi connectivity index (χ3n) is 5.15. The van der Waals surface area contributed by atoms with Crippen LogP contribution in [0.2, 0.25) is 0 Å². The Labute approximate surface area is 141 Å². The Balaban J connectivity index is 1.59. The highest BCUT2D eigenvalue weighted by atomic mass is 16.5. The van der Waals surface area contributed by atoms with E-state index in [-0.39, 0.29) is 5.97 Å². The van der Waals surface area contributed by atoms with Gasteiger partial charge in [0.15, 0.2) is 5.65 Å². The predicted molar refractivity (Wildman–Crippen MR) is 88.9 cm³/mol. The first-order valence-corrected chi connectivity index (χ1v) is 8.67. The summed E-state index contributed by atoms with van der Waals surface area (Å²) in [7, 11) is 1.40. The molecular formula is C18H23N3O3. The summed E-state index contributed by atoms with van der Waals surface area (Å²) < 4.78 is 12.7. The Morgan fingerprint density at radius 3 is 3.17 bits per heavy atom. The second kappa shape index (κ2) is 6.53. The summed E-state index contributed by atoms with van der Waals surface area (Å²) in [5.74, 6) is -0.350. The van der Waals surface area contributed by atoms with Gasteiger partial charge in [-0.2, -0.15) is 0 Å². The first-order valence-electron chi connectivity index (χ1n) is 8.67. The molecule has 6 heteroatoms. The zero-order valence-corrected chi connectivity index (χ0v) is 14.0. The number of carbonyl (C=O) groups excluding carboxylic acids is 1. The number of carbonyl (C=O) groups is 1. The summed E-state index contributed by atoms with van der Waals surface area (Å²) in [6, 6.07) is 4.10. The lowest BCUT2D eigenvalue weighted by Crippen LogP contribution is -2.52. The average molecular weight is 329 g/mol. The molecule has 3 heterocycles. The molecule has 1 aliphatic carbocycles. The van der Waals surface area contributed by atoms with Gasteiger partial charge < -0.3 is 13.9 Å². The monoisotopic (exact) mass is 329 g/mol. The summed E-state index contributed by atoms with van der Waals surface area (Å²) in [5.41, 5.74) is 2.15. The molecule has 0 radical (unpaired) electrons. The summed E-state index contributed by atoms with van der Waals surface area (Å²) in [4.78, 5) is 19.1. The quantitative estimate of drug-likeness (QED) is 0.809. The molecule has 2 atom stereocenters. The van der Waals surface area contributed by atoms with E-state index in [4.69, 9.17) is 14.5 Å². The summed E-state index contributed by atoms with van der Waals surface area (Å²) >= 11 is 0. The molecule has 128 valence electrons. The highest BCUT2D eigenvalue weighted by Gasteiger charge is 2.34. The Hall–Kier alpha value is -1.92. The molecule has 0 aromatic carbocycles. The van der Waals surface area contributed by atoms with Crippen molar-refractivity contribution < 1.29 is 14.3 Å². The minimum absolute atomic E-state index is 0.350. The number of methoxy groups -OCH3 is 1. The van der Waals surface area contributed by atoms with Crippen molar-refractivity contribution in [2.75, 3.05) is 20.3 Å². The van der Waals surface area contributed by atoms with Crippen molar-refractivity contribution >= 4 is 11.6 Å².